The minimum atomic E-state index is -0.595. The Kier molecular flexibility index (Phi) is 3.91. The number of nitrogens with zero attached hydrogens (tertiary/aromatic N) is 2. The molecule has 0 spiro atoms. The predicted molar refractivity (Wildman–Crippen MR) is 66.4 cm³/mol. The van der Waals surface area contributed by atoms with Crippen molar-refractivity contribution in [2.75, 3.05) is 26.9 Å². The van der Waals surface area contributed by atoms with E-state index in [-0.39, 0.29) is 12.1 Å². The molecule has 1 fully saturated rings. The molecular weight excluding hydrogens is 236 g/mol. The standard InChI is InChI=1S/C12H22N2O4/c1-8-13-10(11(15)14(8)4)7-16-5-9-6-17-12(2,3)18-9/h9-11,15H,5-7H2,1-4H3. The first-order chi connectivity index (χ1) is 8.39. The van der Waals surface area contributed by atoms with Gasteiger partial charge in [0.05, 0.1) is 25.7 Å². The number of ether oxygens (including phenoxy) is 3. The number of hydrogen-bond acceptors (Lipinski definition) is 6. The van der Waals surface area contributed by atoms with Gasteiger partial charge in [-0.05, 0) is 20.8 Å². The smallest absolute Gasteiger partial charge is 0.163 e. The molecule has 2 aliphatic heterocycles. The van der Waals surface area contributed by atoms with E-state index in [1.807, 2.05) is 27.8 Å². The Bertz CT molecular complexity index is 332. The first kappa shape index (κ1) is 13.7. The van der Waals surface area contributed by atoms with Crippen LogP contribution in [0.1, 0.15) is 20.8 Å². The first-order valence-corrected chi connectivity index (χ1v) is 6.24. The van der Waals surface area contributed by atoms with Crippen LogP contribution in [0, 0.1) is 0 Å². The number of amidine groups is 1. The van der Waals surface area contributed by atoms with E-state index in [1.54, 1.807) is 4.90 Å². The molecule has 2 heterocycles. The minimum absolute atomic E-state index is 0.0404. The fraction of sp³-hybridized carbons (Fsp3) is 0.917. The molecular formula is C12H22N2O4. The Balaban J connectivity index is 1.71. The molecule has 2 rings (SSSR count). The van der Waals surface area contributed by atoms with E-state index in [0.717, 1.165) is 5.84 Å². The zero-order valence-electron chi connectivity index (χ0n) is 11.4. The van der Waals surface area contributed by atoms with Crippen molar-refractivity contribution >= 4 is 5.84 Å². The highest BCUT2D eigenvalue weighted by molar-refractivity contribution is 5.81. The van der Waals surface area contributed by atoms with E-state index >= 15 is 0 Å². The van der Waals surface area contributed by atoms with Crippen LogP contribution in [0.3, 0.4) is 0 Å². The van der Waals surface area contributed by atoms with E-state index in [1.165, 1.54) is 0 Å². The molecule has 0 aromatic rings. The van der Waals surface area contributed by atoms with Crippen LogP contribution in [-0.2, 0) is 14.2 Å². The van der Waals surface area contributed by atoms with Gasteiger partial charge in [0.25, 0.3) is 0 Å². The van der Waals surface area contributed by atoms with Crippen molar-refractivity contribution in [1.82, 2.24) is 4.90 Å². The molecule has 0 aliphatic carbocycles. The molecule has 2 aliphatic rings. The highest BCUT2D eigenvalue weighted by Gasteiger charge is 2.34. The summed E-state index contributed by atoms with van der Waals surface area (Å²) in [6, 6.07) is -0.217. The average molecular weight is 258 g/mol. The first-order valence-electron chi connectivity index (χ1n) is 6.24. The Hall–Kier alpha value is -0.690. The average Bonchev–Trinajstić information content (AvgIpc) is 2.75. The number of rotatable bonds is 4. The molecule has 6 heteroatoms. The summed E-state index contributed by atoms with van der Waals surface area (Å²) in [5, 5.41) is 9.88. The monoisotopic (exact) mass is 258 g/mol. The summed E-state index contributed by atoms with van der Waals surface area (Å²) in [6.07, 6.45) is -0.636. The number of likely N-dealkylation sites (N-methyl/N-ethyl adjacent to an activating group) is 1. The van der Waals surface area contributed by atoms with Crippen molar-refractivity contribution in [2.45, 2.75) is 44.9 Å². The van der Waals surface area contributed by atoms with Gasteiger partial charge in [0.1, 0.15) is 12.1 Å². The van der Waals surface area contributed by atoms with Gasteiger partial charge in [0.15, 0.2) is 12.0 Å². The van der Waals surface area contributed by atoms with Gasteiger partial charge < -0.3 is 24.2 Å². The van der Waals surface area contributed by atoms with Crippen molar-refractivity contribution in [3.63, 3.8) is 0 Å². The molecule has 1 saturated heterocycles. The minimum Gasteiger partial charge on any atom is -0.376 e. The second-order valence-electron chi connectivity index (χ2n) is 5.26. The second kappa shape index (κ2) is 5.13. The van der Waals surface area contributed by atoms with Crippen LogP contribution in [0.5, 0.6) is 0 Å². The Labute approximate surface area is 108 Å². The van der Waals surface area contributed by atoms with Crippen molar-refractivity contribution in [1.29, 1.82) is 0 Å². The maximum Gasteiger partial charge on any atom is 0.163 e. The van der Waals surface area contributed by atoms with Crippen LogP contribution in [0.15, 0.2) is 4.99 Å². The molecule has 18 heavy (non-hydrogen) atoms. The van der Waals surface area contributed by atoms with Gasteiger partial charge in [0.2, 0.25) is 0 Å². The molecule has 0 amide bonds. The SMILES string of the molecule is CC1=NC(COCC2COC(C)(C)O2)C(O)N1C. The zero-order valence-corrected chi connectivity index (χ0v) is 11.4. The van der Waals surface area contributed by atoms with E-state index in [2.05, 4.69) is 4.99 Å². The molecule has 0 aromatic heterocycles. The lowest BCUT2D eigenvalue weighted by Gasteiger charge is -2.21. The third-order valence-corrected chi connectivity index (χ3v) is 3.26. The molecule has 3 atom stereocenters. The molecule has 6 nitrogen and oxygen atoms in total. The summed E-state index contributed by atoms with van der Waals surface area (Å²) in [4.78, 5) is 6.08. The molecule has 0 bridgehead atoms. The molecule has 0 aromatic carbocycles. The Morgan fingerprint density at radius 1 is 1.50 bits per heavy atom. The quantitative estimate of drug-likeness (QED) is 0.780. The summed E-state index contributed by atoms with van der Waals surface area (Å²) in [7, 11) is 1.82. The highest BCUT2D eigenvalue weighted by atomic mass is 16.7. The van der Waals surface area contributed by atoms with E-state index < -0.39 is 12.0 Å². The van der Waals surface area contributed by atoms with Gasteiger partial charge >= 0.3 is 0 Å². The van der Waals surface area contributed by atoms with E-state index in [4.69, 9.17) is 14.2 Å². The van der Waals surface area contributed by atoms with Crippen molar-refractivity contribution in [3.05, 3.63) is 0 Å². The number of aliphatic hydroxyl groups excluding tert-OH is 1. The van der Waals surface area contributed by atoms with Gasteiger partial charge in [-0.1, -0.05) is 0 Å². The third-order valence-electron chi connectivity index (χ3n) is 3.26. The predicted octanol–water partition coefficient (Wildman–Crippen LogP) is 0.205. The summed E-state index contributed by atoms with van der Waals surface area (Å²) < 4.78 is 16.6. The third kappa shape index (κ3) is 3.00. The maximum absolute atomic E-state index is 9.88. The lowest BCUT2D eigenvalue weighted by atomic mass is 10.3. The fourth-order valence-electron chi connectivity index (χ4n) is 2.14. The van der Waals surface area contributed by atoms with E-state index in [9.17, 15) is 5.11 Å². The molecule has 3 unspecified atom stereocenters. The summed E-state index contributed by atoms with van der Waals surface area (Å²) in [5.41, 5.74) is 0. The van der Waals surface area contributed by atoms with Crippen LogP contribution >= 0.6 is 0 Å². The number of hydrogen-bond donors (Lipinski definition) is 1. The van der Waals surface area contributed by atoms with Crippen molar-refractivity contribution in [2.24, 2.45) is 4.99 Å². The normalized spacial score (nSPS) is 35.1. The van der Waals surface area contributed by atoms with Crippen LogP contribution in [0.25, 0.3) is 0 Å². The van der Waals surface area contributed by atoms with Gasteiger partial charge in [-0.3, -0.25) is 4.99 Å². The highest BCUT2D eigenvalue weighted by Crippen LogP contribution is 2.22. The van der Waals surface area contributed by atoms with E-state index in [0.29, 0.717) is 19.8 Å². The molecule has 0 radical (unpaired) electrons. The molecule has 104 valence electrons. The van der Waals surface area contributed by atoms with Crippen LogP contribution < -0.4 is 0 Å². The van der Waals surface area contributed by atoms with Gasteiger partial charge in [-0.2, -0.15) is 0 Å². The number of aliphatic imine (C=N–C) groups is 1. The summed E-state index contributed by atoms with van der Waals surface area (Å²) >= 11 is 0. The lowest BCUT2D eigenvalue weighted by molar-refractivity contribution is -0.145. The van der Waals surface area contributed by atoms with Gasteiger partial charge in [-0.25, -0.2) is 0 Å². The number of aliphatic hydroxyl groups is 1. The van der Waals surface area contributed by atoms with Crippen LogP contribution in [-0.4, -0.2) is 66.9 Å². The summed E-state index contributed by atoms with van der Waals surface area (Å²) in [6.45, 7) is 7.04. The zero-order chi connectivity index (χ0) is 13.3. The largest absolute Gasteiger partial charge is 0.376 e. The Morgan fingerprint density at radius 3 is 2.72 bits per heavy atom. The van der Waals surface area contributed by atoms with Gasteiger partial charge in [0, 0.05) is 7.05 Å². The van der Waals surface area contributed by atoms with Crippen LogP contribution in [0.4, 0.5) is 0 Å². The fourth-order valence-corrected chi connectivity index (χ4v) is 2.14. The molecule has 1 N–H and O–H groups in total. The Morgan fingerprint density at radius 2 is 2.22 bits per heavy atom. The van der Waals surface area contributed by atoms with Gasteiger partial charge in [-0.15, -0.1) is 0 Å². The van der Waals surface area contributed by atoms with Crippen LogP contribution in [0.2, 0.25) is 0 Å². The second-order valence-corrected chi connectivity index (χ2v) is 5.26. The van der Waals surface area contributed by atoms with Crippen molar-refractivity contribution in [3.8, 4) is 0 Å². The van der Waals surface area contributed by atoms with Crippen molar-refractivity contribution < 1.29 is 19.3 Å². The maximum atomic E-state index is 9.88. The molecule has 0 saturated carbocycles. The summed E-state index contributed by atoms with van der Waals surface area (Å²) in [5.74, 6) is 0.313. The lowest BCUT2D eigenvalue weighted by Crippen LogP contribution is -2.38. The topological polar surface area (TPSA) is 63.5 Å².